The lowest BCUT2D eigenvalue weighted by Crippen LogP contribution is -2.24. The molecule has 0 unspecified atom stereocenters. The van der Waals surface area contributed by atoms with Crippen LogP contribution in [-0.4, -0.2) is 11.7 Å². The number of allylic oxidation sites excluding steroid dienone is 3. The molecule has 0 fully saturated rings. The Labute approximate surface area is 157 Å². The number of halogens is 1. The minimum atomic E-state index is -0.548. The molecule has 3 rings (SSSR count). The third-order valence-electron chi connectivity index (χ3n) is 4.39. The van der Waals surface area contributed by atoms with E-state index in [2.05, 4.69) is 5.32 Å². The van der Waals surface area contributed by atoms with Crippen molar-refractivity contribution in [1.82, 2.24) is 5.32 Å². The van der Waals surface area contributed by atoms with Crippen LogP contribution in [0.4, 0.5) is 4.39 Å². The smallest absolute Gasteiger partial charge is 0.259 e. The predicted molar refractivity (Wildman–Crippen MR) is 101 cm³/mol. The first kappa shape index (κ1) is 18.6. The number of benzene rings is 2. The van der Waals surface area contributed by atoms with Crippen LogP contribution in [0.3, 0.4) is 0 Å². The summed E-state index contributed by atoms with van der Waals surface area (Å²) in [7, 11) is 0. The summed E-state index contributed by atoms with van der Waals surface area (Å²) in [6.07, 6.45) is 4.97. The molecule has 0 radical (unpaired) electrons. The van der Waals surface area contributed by atoms with Crippen LogP contribution in [0.25, 0.3) is 0 Å². The third kappa shape index (κ3) is 4.31. The van der Waals surface area contributed by atoms with Gasteiger partial charge in [0.2, 0.25) is 0 Å². The summed E-state index contributed by atoms with van der Waals surface area (Å²) in [5, 5.41) is 2.62. The molecule has 1 aliphatic rings. The van der Waals surface area contributed by atoms with Gasteiger partial charge in [0.05, 0.1) is 5.56 Å². The molecule has 1 N–H and O–H groups in total. The molecular weight excluding hydrogens is 345 g/mol. The zero-order valence-corrected chi connectivity index (χ0v) is 15.4. The first-order valence-corrected chi connectivity index (χ1v) is 8.61. The van der Waals surface area contributed by atoms with Gasteiger partial charge in [0, 0.05) is 18.2 Å². The number of hydrogen-bond donors (Lipinski definition) is 1. The van der Waals surface area contributed by atoms with Gasteiger partial charge in [-0.05, 0) is 67.8 Å². The molecule has 0 bridgehead atoms. The minimum absolute atomic E-state index is 0.0555. The van der Waals surface area contributed by atoms with E-state index in [1.54, 1.807) is 12.2 Å². The quantitative estimate of drug-likeness (QED) is 0.855. The lowest BCUT2D eigenvalue weighted by Gasteiger charge is -2.15. The van der Waals surface area contributed by atoms with E-state index in [9.17, 15) is 14.0 Å². The highest BCUT2D eigenvalue weighted by Gasteiger charge is 2.17. The highest BCUT2D eigenvalue weighted by atomic mass is 19.1. The van der Waals surface area contributed by atoms with Crippen LogP contribution in [-0.2, 0) is 4.79 Å². The number of ether oxygens (including phenoxy) is 1. The van der Waals surface area contributed by atoms with Crippen LogP contribution >= 0.6 is 0 Å². The van der Waals surface area contributed by atoms with Crippen molar-refractivity contribution < 1.29 is 18.7 Å². The topological polar surface area (TPSA) is 55.4 Å². The van der Waals surface area contributed by atoms with Gasteiger partial charge in [-0.2, -0.15) is 0 Å². The Hall–Kier alpha value is -3.21. The van der Waals surface area contributed by atoms with Gasteiger partial charge in [0.1, 0.15) is 17.3 Å². The van der Waals surface area contributed by atoms with Gasteiger partial charge in [-0.1, -0.05) is 12.1 Å². The summed E-state index contributed by atoms with van der Waals surface area (Å²) in [5.41, 5.74) is 3.53. The fourth-order valence-corrected chi connectivity index (χ4v) is 2.79. The molecule has 0 saturated carbocycles. The van der Waals surface area contributed by atoms with Gasteiger partial charge >= 0.3 is 0 Å². The second kappa shape index (κ2) is 7.58. The maximum Gasteiger partial charge on any atom is 0.259 e. The highest BCUT2D eigenvalue weighted by Crippen LogP contribution is 2.30. The molecule has 0 saturated heterocycles. The molecule has 1 amide bonds. The number of carbonyl (C=O) groups excluding carboxylic acids is 2. The first-order chi connectivity index (χ1) is 12.8. The van der Waals surface area contributed by atoms with E-state index in [0.29, 0.717) is 17.9 Å². The molecule has 5 heteroatoms. The predicted octanol–water partition coefficient (Wildman–Crippen LogP) is 4.69. The normalized spacial score (nSPS) is 13.3. The Kier molecular flexibility index (Phi) is 5.21. The number of nitrogens with one attached hydrogen (secondary N) is 1. The van der Waals surface area contributed by atoms with Crippen molar-refractivity contribution in [3.63, 3.8) is 0 Å². The van der Waals surface area contributed by atoms with Gasteiger partial charge in [-0.25, -0.2) is 4.39 Å². The number of amides is 1. The number of carbonyl (C=O) groups is 2. The van der Waals surface area contributed by atoms with Gasteiger partial charge in [0.25, 0.3) is 5.91 Å². The van der Waals surface area contributed by atoms with E-state index in [-0.39, 0.29) is 17.1 Å². The Morgan fingerprint density at radius 1 is 1.04 bits per heavy atom. The second-order valence-corrected chi connectivity index (χ2v) is 6.57. The molecule has 27 heavy (non-hydrogen) atoms. The minimum Gasteiger partial charge on any atom is -0.456 e. The van der Waals surface area contributed by atoms with Crippen LogP contribution in [0.1, 0.15) is 33.5 Å². The zero-order valence-electron chi connectivity index (χ0n) is 15.4. The molecule has 0 heterocycles. The summed E-state index contributed by atoms with van der Waals surface area (Å²) < 4.78 is 19.7. The first-order valence-electron chi connectivity index (χ1n) is 8.61. The van der Waals surface area contributed by atoms with E-state index in [4.69, 9.17) is 4.74 Å². The van der Waals surface area contributed by atoms with Crippen LogP contribution in [0.15, 0.2) is 54.3 Å². The Balaban J connectivity index is 1.91. The van der Waals surface area contributed by atoms with Crippen molar-refractivity contribution >= 4 is 11.7 Å². The van der Waals surface area contributed by atoms with E-state index < -0.39 is 11.7 Å². The Morgan fingerprint density at radius 2 is 1.78 bits per heavy atom. The van der Waals surface area contributed by atoms with Gasteiger partial charge in [-0.15, -0.1) is 0 Å². The van der Waals surface area contributed by atoms with E-state index in [1.807, 2.05) is 32.9 Å². The van der Waals surface area contributed by atoms with Crippen molar-refractivity contribution in [1.29, 1.82) is 0 Å². The zero-order chi connectivity index (χ0) is 19.6. The highest BCUT2D eigenvalue weighted by molar-refractivity contribution is 6.00. The van der Waals surface area contributed by atoms with Gasteiger partial charge in [0.15, 0.2) is 5.78 Å². The average molecular weight is 365 g/mol. The molecule has 0 aliphatic heterocycles. The number of aryl methyl sites for hydroxylation is 3. The second-order valence-electron chi connectivity index (χ2n) is 6.57. The average Bonchev–Trinajstić information content (AvgIpc) is 2.61. The fourth-order valence-electron chi connectivity index (χ4n) is 2.79. The molecule has 0 aromatic heterocycles. The summed E-state index contributed by atoms with van der Waals surface area (Å²) in [6.45, 7) is 5.89. The summed E-state index contributed by atoms with van der Waals surface area (Å²) in [5.74, 6) is -0.350. The summed E-state index contributed by atoms with van der Waals surface area (Å²) in [6, 6.07) is 7.68. The lowest BCUT2D eigenvalue weighted by atomic mass is 10.1. The van der Waals surface area contributed by atoms with Crippen LogP contribution in [0.5, 0.6) is 11.5 Å². The number of hydrogen-bond acceptors (Lipinski definition) is 3. The summed E-state index contributed by atoms with van der Waals surface area (Å²) >= 11 is 0. The van der Waals surface area contributed by atoms with Crippen LogP contribution < -0.4 is 10.1 Å². The molecule has 1 aliphatic carbocycles. The largest absolute Gasteiger partial charge is 0.456 e. The Morgan fingerprint density at radius 3 is 2.52 bits per heavy atom. The number of rotatable bonds is 4. The van der Waals surface area contributed by atoms with Crippen molar-refractivity contribution in [2.45, 2.75) is 27.2 Å². The van der Waals surface area contributed by atoms with Crippen molar-refractivity contribution in [2.75, 3.05) is 0 Å². The summed E-state index contributed by atoms with van der Waals surface area (Å²) in [4.78, 5) is 24.1. The van der Waals surface area contributed by atoms with Crippen LogP contribution in [0, 0.1) is 26.6 Å². The molecule has 0 spiro atoms. The van der Waals surface area contributed by atoms with Crippen molar-refractivity contribution in [2.24, 2.45) is 0 Å². The van der Waals surface area contributed by atoms with E-state index in [0.717, 1.165) is 22.8 Å². The monoisotopic (exact) mass is 365 g/mol. The van der Waals surface area contributed by atoms with E-state index in [1.165, 1.54) is 18.2 Å². The molecule has 2 aromatic carbocycles. The maximum atomic E-state index is 13.8. The molecule has 138 valence electrons. The van der Waals surface area contributed by atoms with Gasteiger partial charge in [-0.3, -0.25) is 9.59 Å². The Bertz CT molecular complexity index is 989. The van der Waals surface area contributed by atoms with Crippen LogP contribution in [0.2, 0.25) is 0 Å². The molecular formula is C22H20FNO3. The molecule has 0 atom stereocenters. The van der Waals surface area contributed by atoms with Gasteiger partial charge < -0.3 is 10.1 Å². The van der Waals surface area contributed by atoms with Crippen molar-refractivity contribution in [3.05, 3.63) is 82.3 Å². The number of ketones is 1. The van der Waals surface area contributed by atoms with Crippen molar-refractivity contribution in [3.8, 4) is 11.5 Å². The maximum absolute atomic E-state index is 13.8. The standard InChI is InChI=1S/C22H20FNO3/c1-13-9-15(3)21(10-14(13)2)27-20-8-7-16(23)11-19(20)22(26)24-17-5-4-6-18(25)12-17/h4-5,7-12H,6H2,1-3H3,(H,24,26). The fraction of sp³-hybridized carbons (Fsp3) is 0.182. The molecule has 4 nitrogen and oxygen atoms in total. The van der Waals surface area contributed by atoms with E-state index >= 15 is 0 Å². The molecule has 2 aromatic rings. The third-order valence-corrected chi connectivity index (χ3v) is 4.39. The lowest BCUT2D eigenvalue weighted by molar-refractivity contribution is -0.113. The SMILES string of the molecule is Cc1cc(C)c(Oc2ccc(F)cc2C(=O)NC2=CC(=O)CC=C2)cc1C.